The zero-order valence-electron chi connectivity index (χ0n) is 9.76. The molecule has 1 saturated heterocycles. The van der Waals surface area contributed by atoms with Gasteiger partial charge in [-0.05, 0) is 30.9 Å². The van der Waals surface area contributed by atoms with E-state index in [2.05, 4.69) is 10.4 Å². The van der Waals surface area contributed by atoms with E-state index < -0.39 is 9.84 Å². The van der Waals surface area contributed by atoms with Gasteiger partial charge >= 0.3 is 0 Å². The molecule has 1 aromatic heterocycles. The summed E-state index contributed by atoms with van der Waals surface area (Å²) in [6, 6.07) is 3.71. The second kappa shape index (κ2) is 4.72. The van der Waals surface area contributed by atoms with Crippen molar-refractivity contribution in [2.45, 2.75) is 19.4 Å². The zero-order chi connectivity index (χ0) is 12.5. The van der Waals surface area contributed by atoms with Gasteiger partial charge in [-0.25, -0.2) is 8.42 Å². The normalized spacial score (nSPS) is 24.7. The minimum absolute atomic E-state index is 0.0366. The summed E-state index contributed by atoms with van der Waals surface area (Å²) in [7, 11) is -2.88. The standard InChI is InChI=1S/C11H17N3O2S/c1-8-2-3-9(6-13-8)11(14-12)10-4-5-17(15,16)7-10/h2-3,6,10-11,14H,4-5,7,12H2,1H3. The van der Waals surface area contributed by atoms with Gasteiger partial charge in [0.1, 0.15) is 0 Å². The molecule has 2 unspecified atom stereocenters. The molecule has 0 aromatic carbocycles. The van der Waals surface area contributed by atoms with Crippen LogP contribution in [-0.4, -0.2) is 24.9 Å². The van der Waals surface area contributed by atoms with E-state index in [0.29, 0.717) is 6.42 Å². The number of nitrogens with one attached hydrogen (secondary N) is 1. The first kappa shape index (κ1) is 12.5. The van der Waals surface area contributed by atoms with Gasteiger partial charge in [0.25, 0.3) is 0 Å². The van der Waals surface area contributed by atoms with Crippen LogP contribution < -0.4 is 11.3 Å². The second-order valence-corrected chi connectivity index (χ2v) is 6.77. The van der Waals surface area contributed by atoms with Crippen LogP contribution in [0, 0.1) is 12.8 Å². The highest BCUT2D eigenvalue weighted by molar-refractivity contribution is 7.91. The number of aromatic nitrogens is 1. The van der Waals surface area contributed by atoms with Gasteiger partial charge in [0.2, 0.25) is 0 Å². The molecule has 2 heterocycles. The van der Waals surface area contributed by atoms with E-state index in [-0.39, 0.29) is 23.5 Å². The zero-order valence-corrected chi connectivity index (χ0v) is 10.6. The van der Waals surface area contributed by atoms with Crippen LogP contribution >= 0.6 is 0 Å². The van der Waals surface area contributed by atoms with Crippen LogP contribution in [0.4, 0.5) is 0 Å². The van der Waals surface area contributed by atoms with E-state index in [1.165, 1.54) is 0 Å². The number of nitrogens with zero attached hydrogens (tertiary/aromatic N) is 1. The lowest BCUT2D eigenvalue weighted by atomic mass is 9.94. The summed E-state index contributed by atoms with van der Waals surface area (Å²) in [5.41, 5.74) is 4.59. The van der Waals surface area contributed by atoms with Crippen molar-refractivity contribution in [3.63, 3.8) is 0 Å². The van der Waals surface area contributed by atoms with Gasteiger partial charge in [-0.3, -0.25) is 16.3 Å². The summed E-state index contributed by atoms with van der Waals surface area (Å²) in [4.78, 5) is 4.21. The molecule has 0 saturated carbocycles. The summed E-state index contributed by atoms with van der Waals surface area (Å²) >= 11 is 0. The fourth-order valence-corrected chi connectivity index (χ4v) is 4.09. The molecule has 3 N–H and O–H groups in total. The highest BCUT2D eigenvalue weighted by Gasteiger charge is 2.34. The first-order chi connectivity index (χ1) is 8.02. The van der Waals surface area contributed by atoms with Gasteiger partial charge < -0.3 is 0 Å². The molecule has 94 valence electrons. The Bertz CT molecular complexity index is 484. The number of sulfone groups is 1. The van der Waals surface area contributed by atoms with Crippen LogP contribution in [0.3, 0.4) is 0 Å². The smallest absolute Gasteiger partial charge is 0.150 e. The minimum atomic E-state index is -2.88. The molecule has 0 bridgehead atoms. The average molecular weight is 255 g/mol. The van der Waals surface area contributed by atoms with Gasteiger partial charge in [-0.1, -0.05) is 6.07 Å². The van der Waals surface area contributed by atoms with Crippen LogP contribution in [0.5, 0.6) is 0 Å². The van der Waals surface area contributed by atoms with Crippen LogP contribution in [0.1, 0.15) is 23.7 Å². The maximum absolute atomic E-state index is 11.5. The van der Waals surface area contributed by atoms with Crippen molar-refractivity contribution in [1.82, 2.24) is 10.4 Å². The molecule has 0 amide bonds. The molecule has 0 aliphatic carbocycles. The fourth-order valence-electron chi connectivity index (χ4n) is 2.25. The molecule has 1 aliphatic rings. The summed E-state index contributed by atoms with van der Waals surface area (Å²) in [5, 5.41) is 0. The predicted molar refractivity (Wildman–Crippen MR) is 65.8 cm³/mol. The number of hydrogen-bond donors (Lipinski definition) is 2. The minimum Gasteiger partial charge on any atom is -0.271 e. The average Bonchev–Trinajstić information content (AvgIpc) is 2.63. The molecular weight excluding hydrogens is 238 g/mol. The number of rotatable bonds is 3. The summed E-state index contributed by atoms with van der Waals surface area (Å²) in [6.07, 6.45) is 2.41. The molecule has 1 aliphatic heterocycles. The van der Waals surface area contributed by atoms with E-state index in [4.69, 9.17) is 5.84 Å². The summed E-state index contributed by atoms with van der Waals surface area (Å²) < 4.78 is 22.9. The lowest BCUT2D eigenvalue weighted by molar-refractivity contribution is 0.398. The van der Waals surface area contributed by atoms with Gasteiger partial charge in [0, 0.05) is 11.9 Å². The topological polar surface area (TPSA) is 85.1 Å². The van der Waals surface area contributed by atoms with Gasteiger partial charge in [0.15, 0.2) is 9.84 Å². The van der Waals surface area contributed by atoms with Gasteiger partial charge in [-0.2, -0.15) is 0 Å². The Balaban J connectivity index is 2.20. The van der Waals surface area contributed by atoms with Gasteiger partial charge in [0.05, 0.1) is 17.5 Å². The third-order valence-electron chi connectivity index (χ3n) is 3.21. The number of aryl methyl sites for hydroxylation is 1. The van der Waals surface area contributed by atoms with Crippen LogP contribution in [0.2, 0.25) is 0 Å². The van der Waals surface area contributed by atoms with Gasteiger partial charge in [-0.15, -0.1) is 0 Å². The van der Waals surface area contributed by atoms with Crippen molar-refractivity contribution < 1.29 is 8.42 Å². The van der Waals surface area contributed by atoms with Crippen LogP contribution in [0.15, 0.2) is 18.3 Å². The molecule has 1 fully saturated rings. The molecule has 0 radical (unpaired) electrons. The van der Waals surface area contributed by atoms with Crippen molar-refractivity contribution in [3.8, 4) is 0 Å². The first-order valence-corrected chi connectivity index (χ1v) is 7.43. The lowest BCUT2D eigenvalue weighted by Gasteiger charge is -2.21. The maximum atomic E-state index is 11.5. The second-order valence-electron chi connectivity index (χ2n) is 4.54. The SMILES string of the molecule is Cc1ccc(C(NN)C2CCS(=O)(=O)C2)cn1. The predicted octanol–water partition coefficient (Wildman–Crippen LogP) is 0.329. The number of pyridine rings is 1. The molecule has 2 atom stereocenters. The fraction of sp³-hybridized carbons (Fsp3) is 0.545. The Hall–Kier alpha value is -0.980. The number of hydrazine groups is 1. The Morgan fingerprint density at radius 2 is 2.29 bits per heavy atom. The van der Waals surface area contributed by atoms with E-state index >= 15 is 0 Å². The van der Waals surface area contributed by atoms with Crippen molar-refractivity contribution in [3.05, 3.63) is 29.6 Å². The highest BCUT2D eigenvalue weighted by Crippen LogP contribution is 2.30. The lowest BCUT2D eigenvalue weighted by Crippen LogP contribution is -2.34. The highest BCUT2D eigenvalue weighted by atomic mass is 32.2. The van der Waals surface area contributed by atoms with Crippen molar-refractivity contribution in [1.29, 1.82) is 0 Å². The molecular formula is C11H17N3O2S. The molecule has 1 aromatic rings. The van der Waals surface area contributed by atoms with E-state index in [0.717, 1.165) is 11.3 Å². The summed E-state index contributed by atoms with van der Waals surface area (Å²) in [6.45, 7) is 1.91. The molecule has 6 heteroatoms. The maximum Gasteiger partial charge on any atom is 0.150 e. The van der Waals surface area contributed by atoms with Crippen molar-refractivity contribution >= 4 is 9.84 Å². The number of hydrogen-bond acceptors (Lipinski definition) is 5. The Morgan fingerprint density at radius 3 is 2.76 bits per heavy atom. The first-order valence-electron chi connectivity index (χ1n) is 5.61. The monoisotopic (exact) mass is 255 g/mol. The molecule has 5 nitrogen and oxygen atoms in total. The third-order valence-corrected chi connectivity index (χ3v) is 5.01. The van der Waals surface area contributed by atoms with Crippen LogP contribution in [0.25, 0.3) is 0 Å². The molecule has 17 heavy (non-hydrogen) atoms. The molecule has 2 rings (SSSR count). The molecule has 0 spiro atoms. The number of nitrogens with two attached hydrogens (primary N) is 1. The van der Waals surface area contributed by atoms with Crippen LogP contribution in [-0.2, 0) is 9.84 Å². The van der Waals surface area contributed by atoms with Crippen molar-refractivity contribution in [2.24, 2.45) is 11.8 Å². The largest absolute Gasteiger partial charge is 0.271 e. The Morgan fingerprint density at radius 1 is 1.53 bits per heavy atom. The van der Waals surface area contributed by atoms with E-state index in [1.807, 2.05) is 19.1 Å². The van der Waals surface area contributed by atoms with E-state index in [9.17, 15) is 8.42 Å². The van der Waals surface area contributed by atoms with E-state index in [1.54, 1.807) is 6.20 Å². The quantitative estimate of drug-likeness (QED) is 0.600. The summed E-state index contributed by atoms with van der Waals surface area (Å²) in [5.74, 6) is 6.04. The Kier molecular flexibility index (Phi) is 3.46. The third kappa shape index (κ3) is 2.83. The van der Waals surface area contributed by atoms with Crippen molar-refractivity contribution in [2.75, 3.05) is 11.5 Å². The Labute approximate surface area is 101 Å².